The molecule has 0 radical (unpaired) electrons. The molecule has 32 heavy (non-hydrogen) atoms. The zero-order valence-corrected chi connectivity index (χ0v) is 18.8. The van der Waals surface area contributed by atoms with E-state index in [9.17, 15) is 4.79 Å². The standard InChI is InChI=1S/C22H26N8OS/c1-24-21(31)20-18(32)8-14(10-26-20)27-22-25-5-4-19(28-22)29-11-15-2-3-16(12-29)30(15)17-6-13(7-17)9-23/h4-5,8,10,13,15-17,32H,2-3,6-7,11-12H2,1H3,(H,24,31)(H,25,27,28)/t13-,15-,16+,17+. The summed E-state index contributed by atoms with van der Waals surface area (Å²) < 4.78 is 0. The number of pyridine rings is 1. The number of hydrogen-bond acceptors (Lipinski definition) is 9. The second-order valence-corrected chi connectivity index (χ2v) is 9.20. The van der Waals surface area contributed by atoms with E-state index in [4.69, 9.17) is 10.2 Å². The number of nitrogens with one attached hydrogen (secondary N) is 2. The van der Waals surface area contributed by atoms with Gasteiger partial charge in [0.15, 0.2) is 0 Å². The number of nitrogens with zero attached hydrogens (tertiary/aromatic N) is 6. The molecule has 1 amide bonds. The molecule has 2 atom stereocenters. The highest BCUT2D eigenvalue weighted by Gasteiger charge is 2.47. The fourth-order valence-corrected chi connectivity index (χ4v) is 5.48. The zero-order valence-electron chi connectivity index (χ0n) is 17.9. The van der Waals surface area contributed by atoms with E-state index in [0.717, 1.165) is 31.7 Å². The lowest BCUT2D eigenvalue weighted by Crippen LogP contribution is -2.60. The molecule has 2 saturated heterocycles. The molecule has 166 valence electrons. The van der Waals surface area contributed by atoms with E-state index in [1.807, 2.05) is 6.07 Å². The highest BCUT2D eigenvalue weighted by atomic mass is 32.1. The summed E-state index contributed by atoms with van der Waals surface area (Å²) in [4.78, 5) is 30.6. The number of piperazine rings is 1. The number of anilines is 3. The molecule has 0 unspecified atom stereocenters. The van der Waals surface area contributed by atoms with Gasteiger partial charge in [0.05, 0.1) is 18.0 Å². The Kier molecular flexibility index (Phi) is 5.61. The fraction of sp³-hybridized carbons (Fsp3) is 0.500. The molecule has 2 aromatic rings. The largest absolute Gasteiger partial charge is 0.354 e. The van der Waals surface area contributed by atoms with Crippen molar-refractivity contribution in [3.8, 4) is 6.07 Å². The molecule has 2 aliphatic heterocycles. The average molecular weight is 451 g/mol. The zero-order chi connectivity index (χ0) is 22.2. The van der Waals surface area contributed by atoms with Crippen LogP contribution >= 0.6 is 12.6 Å². The molecule has 2 bridgehead atoms. The van der Waals surface area contributed by atoms with Crippen LogP contribution in [0.25, 0.3) is 0 Å². The first-order chi connectivity index (χ1) is 15.6. The van der Waals surface area contributed by atoms with Crippen molar-refractivity contribution in [2.45, 2.75) is 48.7 Å². The van der Waals surface area contributed by atoms with E-state index < -0.39 is 0 Å². The van der Waals surface area contributed by atoms with Gasteiger partial charge in [0, 0.05) is 55.3 Å². The minimum Gasteiger partial charge on any atom is -0.354 e. The Morgan fingerprint density at radius 3 is 2.62 bits per heavy atom. The topological polar surface area (TPSA) is 110 Å². The second-order valence-electron chi connectivity index (χ2n) is 8.72. The number of nitriles is 1. The van der Waals surface area contributed by atoms with E-state index in [1.165, 1.54) is 12.8 Å². The van der Waals surface area contributed by atoms with Crippen molar-refractivity contribution in [3.05, 3.63) is 30.2 Å². The number of carbonyl (C=O) groups excluding carboxylic acids is 1. The van der Waals surface area contributed by atoms with Gasteiger partial charge in [-0.05, 0) is 37.8 Å². The first-order valence-corrected chi connectivity index (χ1v) is 11.4. The van der Waals surface area contributed by atoms with Crippen LogP contribution in [0.3, 0.4) is 0 Å². The average Bonchev–Trinajstić information content (AvgIpc) is 3.01. The first kappa shape index (κ1) is 21.0. The smallest absolute Gasteiger partial charge is 0.270 e. The summed E-state index contributed by atoms with van der Waals surface area (Å²) in [6, 6.07) is 7.72. The van der Waals surface area contributed by atoms with E-state index in [-0.39, 0.29) is 17.5 Å². The second kappa shape index (κ2) is 8.56. The van der Waals surface area contributed by atoms with Crippen molar-refractivity contribution >= 4 is 36.0 Å². The molecule has 5 rings (SSSR count). The SMILES string of the molecule is CNC(=O)c1ncc(Nc2nccc(N3C[C@H]4CC[C@@H](C3)N4[C@H]3C[C@@H](C#N)C3)n2)cc1S. The van der Waals surface area contributed by atoms with Gasteiger partial charge in [0.1, 0.15) is 11.5 Å². The van der Waals surface area contributed by atoms with Crippen LogP contribution < -0.4 is 15.5 Å². The van der Waals surface area contributed by atoms with E-state index >= 15 is 0 Å². The van der Waals surface area contributed by atoms with Gasteiger partial charge < -0.3 is 15.5 Å². The number of rotatable bonds is 5. The number of aromatic nitrogens is 3. The molecule has 2 N–H and O–H groups in total. The van der Waals surface area contributed by atoms with Crippen LogP contribution in [0.2, 0.25) is 0 Å². The van der Waals surface area contributed by atoms with Crippen LogP contribution in [0, 0.1) is 17.2 Å². The minimum absolute atomic E-state index is 0.241. The Labute approximate surface area is 192 Å². The highest BCUT2D eigenvalue weighted by Crippen LogP contribution is 2.41. The summed E-state index contributed by atoms with van der Waals surface area (Å²) >= 11 is 4.37. The normalized spacial score (nSPS) is 26.8. The van der Waals surface area contributed by atoms with Gasteiger partial charge >= 0.3 is 0 Å². The predicted octanol–water partition coefficient (Wildman–Crippen LogP) is 2.22. The molecule has 0 spiro atoms. The van der Waals surface area contributed by atoms with Crippen LogP contribution in [-0.4, -0.2) is 64.0 Å². The molecular formula is C22H26N8OS. The van der Waals surface area contributed by atoms with Gasteiger partial charge in [-0.25, -0.2) is 9.97 Å². The minimum atomic E-state index is -0.279. The lowest BCUT2D eigenvalue weighted by Gasteiger charge is -2.49. The molecule has 3 aliphatic rings. The summed E-state index contributed by atoms with van der Waals surface area (Å²) in [5.74, 6) is 1.35. The van der Waals surface area contributed by atoms with Crippen molar-refractivity contribution in [1.82, 2.24) is 25.2 Å². The van der Waals surface area contributed by atoms with Crippen LogP contribution in [0.15, 0.2) is 29.4 Å². The van der Waals surface area contributed by atoms with Gasteiger partial charge in [0.2, 0.25) is 5.95 Å². The third kappa shape index (κ3) is 3.87. The summed E-state index contributed by atoms with van der Waals surface area (Å²) in [5, 5.41) is 14.8. The fourth-order valence-electron chi connectivity index (χ4n) is 5.18. The lowest BCUT2D eigenvalue weighted by molar-refractivity contribution is 0.0437. The third-order valence-electron chi connectivity index (χ3n) is 6.79. The Hall–Kier alpha value is -2.90. The van der Waals surface area contributed by atoms with Crippen LogP contribution in [0.1, 0.15) is 36.2 Å². The highest BCUT2D eigenvalue weighted by molar-refractivity contribution is 7.80. The van der Waals surface area contributed by atoms with E-state index in [0.29, 0.717) is 34.7 Å². The molecule has 2 aromatic heterocycles. The molecule has 9 nitrogen and oxygen atoms in total. The van der Waals surface area contributed by atoms with Crippen LogP contribution in [0.5, 0.6) is 0 Å². The van der Waals surface area contributed by atoms with Gasteiger partial charge in [0.25, 0.3) is 5.91 Å². The maximum Gasteiger partial charge on any atom is 0.270 e. The van der Waals surface area contributed by atoms with E-state index in [2.05, 4.69) is 49.1 Å². The summed E-state index contributed by atoms with van der Waals surface area (Å²) in [5.41, 5.74) is 0.943. The number of amides is 1. The van der Waals surface area contributed by atoms with Gasteiger partial charge in [-0.3, -0.25) is 9.69 Å². The van der Waals surface area contributed by atoms with Crippen molar-refractivity contribution in [2.24, 2.45) is 5.92 Å². The lowest BCUT2D eigenvalue weighted by atomic mass is 9.79. The summed E-state index contributed by atoms with van der Waals surface area (Å²) in [7, 11) is 1.56. The molecule has 10 heteroatoms. The Morgan fingerprint density at radius 1 is 1.22 bits per heavy atom. The predicted molar refractivity (Wildman–Crippen MR) is 123 cm³/mol. The van der Waals surface area contributed by atoms with Crippen LogP contribution in [0.4, 0.5) is 17.5 Å². The molecule has 4 heterocycles. The molecule has 0 aromatic carbocycles. The number of hydrogen-bond donors (Lipinski definition) is 3. The van der Waals surface area contributed by atoms with Gasteiger partial charge in [-0.2, -0.15) is 10.2 Å². The maximum absolute atomic E-state index is 11.8. The number of carbonyl (C=O) groups is 1. The Morgan fingerprint density at radius 2 is 1.97 bits per heavy atom. The molecule has 1 aliphatic carbocycles. The monoisotopic (exact) mass is 450 g/mol. The first-order valence-electron chi connectivity index (χ1n) is 11.0. The van der Waals surface area contributed by atoms with Crippen molar-refractivity contribution in [3.63, 3.8) is 0 Å². The number of thiol groups is 1. The summed E-state index contributed by atoms with van der Waals surface area (Å²) in [6.45, 7) is 1.90. The van der Waals surface area contributed by atoms with E-state index in [1.54, 1.807) is 25.5 Å². The van der Waals surface area contributed by atoms with Gasteiger partial charge in [-0.15, -0.1) is 12.6 Å². The van der Waals surface area contributed by atoms with Crippen molar-refractivity contribution in [2.75, 3.05) is 30.4 Å². The number of fused-ring (bicyclic) bond motifs is 2. The molecule has 1 saturated carbocycles. The third-order valence-corrected chi connectivity index (χ3v) is 7.13. The van der Waals surface area contributed by atoms with Crippen molar-refractivity contribution < 1.29 is 4.79 Å². The Balaban J connectivity index is 1.27. The molecule has 3 fully saturated rings. The van der Waals surface area contributed by atoms with Gasteiger partial charge in [-0.1, -0.05) is 0 Å². The Bertz CT molecular complexity index is 1050. The van der Waals surface area contributed by atoms with Crippen molar-refractivity contribution in [1.29, 1.82) is 5.26 Å². The summed E-state index contributed by atoms with van der Waals surface area (Å²) in [6.07, 6.45) is 7.79. The molecular weight excluding hydrogens is 424 g/mol. The quantitative estimate of drug-likeness (QED) is 0.595. The maximum atomic E-state index is 11.8. The van der Waals surface area contributed by atoms with Crippen LogP contribution in [-0.2, 0) is 0 Å².